The molecule has 0 spiro atoms. The van der Waals surface area contributed by atoms with Crippen molar-refractivity contribution in [1.82, 2.24) is 0 Å². The van der Waals surface area contributed by atoms with Gasteiger partial charge in [-0.15, -0.1) is 11.8 Å². The number of hydrogen-bond acceptors (Lipinski definition) is 4. The number of nitrogens with one attached hydrogen (secondary N) is 1. The summed E-state index contributed by atoms with van der Waals surface area (Å²) in [5.74, 6) is -0.118. The monoisotopic (exact) mass is 224 g/mol. The van der Waals surface area contributed by atoms with Gasteiger partial charge in [-0.2, -0.15) is 0 Å². The molecule has 1 heterocycles. The van der Waals surface area contributed by atoms with E-state index in [9.17, 15) is 14.9 Å². The van der Waals surface area contributed by atoms with Crippen LogP contribution >= 0.6 is 11.8 Å². The fourth-order valence-corrected chi connectivity index (χ4v) is 2.24. The largest absolute Gasteiger partial charge is 0.324 e. The smallest absolute Gasteiger partial charge is 0.271 e. The molecular weight excluding hydrogens is 216 g/mol. The van der Waals surface area contributed by atoms with E-state index in [1.807, 2.05) is 0 Å². The van der Waals surface area contributed by atoms with Crippen LogP contribution in [0.25, 0.3) is 0 Å². The molecule has 78 valence electrons. The number of thioether (sulfide) groups is 1. The lowest BCUT2D eigenvalue weighted by molar-refractivity contribution is -0.384. The fourth-order valence-electron chi connectivity index (χ4n) is 1.31. The van der Waals surface area contributed by atoms with E-state index in [1.165, 1.54) is 23.9 Å². The molecule has 0 saturated carbocycles. The Morgan fingerprint density at radius 2 is 2.27 bits per heavy atom. The summed E-state index contributed by atoms with van der Waals surface area (Å²) in [5, 5.41) is 13.0. The van der Waals surface area contributed by atoms with Gasteiger partial charge in [0.25, 0.3) is 5.69 Å². The zero-order valence-electron chi connectivity index (χ0n) is 7.89. The molecule has 1 aliphatic rings. The Morgan fingerprint density at radius 1 is 1.53 bits per heavy atom. The summed E-state index contributed by atoms with van der Waals surface area (Å²) in [6.07, 6.45) is 0. The second-order valence-electron chi connectivity index (χ2n) is 3.19. The predicted octanol–water partition coefficient (Wildman–Crippen LogP) is 2.03. The molecule has 1 aromatic rings. The van der Waals surface area contributed by atoms with Crippen molar-refractivity contribution in [3.63, 3.8) is 0 Å². The van der Waals surface area contributed by atoms with Crippen molar-refractivity contribution in [2.45, 2.75) is 17.1 Å². The van der Waals surface area contributed by atoms with Crippen molar-refractivity contribution in [1.29, 1.82) is 0 Å². The van der Waals surface area contributed by atoms with Gasteiger partial charge in [-0.05, 0) is 13.0 Å². The molecule has 6 heteroatoms. The molecule has 1 atom stereocenters. The number of nitrogens with zero attached hydrogens (tertiary/aromatic N) is 1. The molecule has 1 N–H and O–H groups in total. The highest BCUT2D eigenvalue weighted by molar-refractivity contribution is 8.00. The molecule has 1 aromatic carbocycles. The highest BCUT2D eigenvalue weighted by Crippen LogP contribution is 2.37. The third kappa shape index (κ3) is 1.80. The van der Waals surface area contributed by atoms with Gasteiger partial charge in [-0.3, -0.25) is 14.9 Å². The van der Waals surface area contributed by atoms with Crippen LogP contribution in [0.2, 0.25) is 0 Å². The molecular formula is C9H8N2O3S. The van der Waals surface area contributed by atoms with Crippen LogP contribution in [0.5, 0.6) is 0 Å². The third-order valence-electron chi connectivity index (χ3n) is 2.10. The molecule has 1 unspecified atom stereocenters. The van der Waals surface area contributed by atoms with Gasteiger partial charge >= 0.3 is 0 Å². The van der Waals surface area contributed by atoms with Crippen molar-refractivity contribution in [2.24, 2.45) is 0 Å². The quantitative estimate of drug-likeness (QED) is 0.585. The van der Waals surface area contributed by atoms with Gasteiger partial charge in [-0.25, -0.2) is 0 Å². The summed E-state index contributed by atoms with van der Waals surface area (Å²) in [7, 11) is 0. The first-order valence-electron chi connectivity index (χ1n) is 4.34. The Bertz CT molecular complexity index is 447. The van der Waals surface area contributed by atoms with Crippen LogP contribution in [0, 0.1) is 10.1 Å². The second kappa shape index (κ2) is 3.54. The maximum Gasteiger partial charge on any atom is 0.271 e. The maximum atomic E-state index is 11.3. The summed E-state index contributed by atoms with van der Waals surface area (Å²) in [4.78, 5) is 22.2. The molecule has 0 fully saturated rings. The summed E-state index contributed by atoms with van der Waals surface area (Å²) in [6, 6.07) is 4.48. The predicted molar refractivity (Wildman–Crippen MR) is 57.0 cm³/mol. The van der Waals surface area contributed by atoms with Crippen LogP contribution in [0.4, 0.5) is 11.4 Å². The van der Waals surface area contributed by atoms with E-state index in [0.29, 0.717) is 5.69 Å². The number of nitro groups is 1. The Labute approximate surface area is 90.0 Å². The van der Waals surface area contributed by atoms with Crippen molar-refractivity contribution in [2.75, 3.05) is 5.32 Å². The second-order valence-corrected chi connectivity index (χ2v) is 4.57. The van der Waals surface area contributed by atoms with E-state index in [0.717, 1.165) is 4.90 Å². The van der Waals surface area contributed by atoms with Crippen LogP contribution in [0.1, 0.15) is 6.92 Å². The standard InChI is InChI=1S/C9H8N2O3S/c1-5-9(12)10-7-4-6(11(13)14)2-3-8(7)15-5/h2-5H,1H3,(H,10,12). The van der Waals surface area contributed by atoms with Crippen LogP contribution in [0.15, 0.2) is 23.1 Å². The fraction of sp³-hybridized carbons (Fsp3) is 0.222. The third-order valence-corrected chi connectivity index (χ3v) is 3.28. The SMILES string of the molecule is CC1Sc2ccc([N+](=O)[O-])cc2NC1=O. The van der Waals surface area contributed by atoms with Gasteiger partial charge in [0.2, 0.25) is 5.91 Å². The van der Waals surface area contributed by atoms with Crippen molar-refractivity contribution < 1.29 is 9.72 Å². The normalized spacial score (nSPS) is 19.3. The van der Waals surface area contributed by atoms with Gasteiger partial charge in [0.15, 0.2) is 0 Å². The molecule has 15 heavy (non-hydrogen) atoms. The Kier molecular flexibility index (Phi) is 2.36. The molecule has 2 rings (SSSR count). The highest BCUT2D eigenvalue weighted by Gasteiger charge is 2.24. The van der Waals surface area contributed by atoms with Crippen LogP contribution in [-0.2, 0) is 4.79 Å². The van der Waals surface area contributed by atoms with E-state index >= 15 is 0 Å². The van der Waals surface area contributed by atoms with Gasteiger partial charge < -0.3 is 5.32 Å². The number of rotatable bonds is 1. The number of anilines is 1. The average Bonchev–Trinajstić information content (AvgIpc) is 2.19. The highest BCUT2D eigenvalue weighted by atomic mass is 32.2. The summed E-state index contributed by atoms with van der Waals surface area (Å²) in [5.41, 5.74) is 0.515. The number of nitro benzene ring substituents is 1. The van der Waals surface area contributed by atoms with E-state index in [1.54, 1.807) is 13.0 Å². The molecule has 5 nitrogen and oxygen atoms in total. The number of carbonyl (C=O) groups excluding carboxylic acids is 1. The number of non-ortho nitro benzene ring substituents is 1. The van der Waals surface area contributed by atoms with Gasteiger partial charge in [0.05, 0.1) is 15.9 Å². The summed E-state index contributed by atoms with van der Waals surface area (Å²) < 4.78 is 0. The lowest BCUT2D eigenvalue weighted by Crippen LogP contribution is -2.26. The van der Waals surface area contributed by atoms with E-state index in [4.69, 9.17) is 0 Å². The number of benzene rings is 1. The zero-order valence-corrected chi connectivity index (χ0v) is 8.71. The number of fused-ring (bicyclic) bond motifs is 1. The molecule has 0 saturated heterocycles. The van der Waals surface area contributed by atoms with Crippen molar-refractivity contribution in [3.05, 3.63) is 28.3 Å². The lowest BCUT2D eigenvalue weighted by Gasteiger charge is -2.20. The Morgan fingerprint density at radius 3 is 2.93 bits per heavy atom. The minimum atomic E-state index is -0.477. The van der Waals surface area contributed by atoms with E-state index in [-0.39, 0.29) is 16.8 Å². The first kappa shape index (κ1) is 9.97. The molecule has 0 bridgehead atoms. The van der Waals surface area contributed by atoms with Crippen molar-refractivity contribution >= 4 is 29.0 Å². The zero-order chi connectivity index (χ0) is 11.0. The van der Waals surface area contributed by atoms with Gasteiger partial charge in [0.1, 0.15) is 0 Å². The minimum absolute atomic E-state index is 0.01000. The van der Waals surface area contributed by atoms with Crippen LogP contribution in [-0.4, -0.2) is 16.1 Å². The van der Waals surface area contributed by atoms with Gasteiger partial charge in [0, 0.05) is 17.0 Å². The molecule has 0 radical (unpaired) electrons. The molecule has 0 aromatic heterocycles. The molecule has 1 amide bonds. The summed E-state index contributed by atoms with van der Waals surface area (Å²) >= 11 is 1.41. The maximum absolute atomic E-state index is 11.3. The van der Waals surface area contributed by atoms with E-state index < -0.39 is 4.92 Å². The summed E-state index contributed by atoms with van der Waals surface area (Å²) in [6.45, 7) is 1.80. The lowest BCUT2D eigenvalue weighted by atomic mass is 10.2. The molecule has 0 aliphatic carbocycles. The number of carbonyl (C=O) groups is 1. The van der Waals surface area contributed by atoms with E-state index in [2.05, 4.69) is 5.32 Å². The van der Waals surface area contributed by atoms with Crippen LogP contribution in [0.3, 0.4) is 0 Å². The average molecular weight is 224 g/mol. The van der Waals surface area contributed by atoms with Crippen LogP contribution < -0.4 is 5.32 Å². The Balaban J connectivity index is 2.41. The first-order chi connectivity index (χ1) is 7.08. The van der Waals surface area contributed by atoms with Crippen molar-refractivity contribution in [3.8, 4) is 0 Å². The first-order valence-corrected chi connectivity index (χ1v) is 5.22. The number of amides is 1. The number of hydrogen-bond donors (Lipinski definition) is 1. The molecule has 1 aliphatic heterocycles. The Hall–Kier alpha value is -1.56. The minimum Gasteiger partial charge on any atom is -0.324 e. The topological polar surface area (TPSA) is 72.2 Å². The van der Waals surface area contributed by atoms with Gasteiger partial charge in [-0.1, -0.05) is 0 Å².